The average molecular weight is 266 g/mol. The molecule has 0 aliphatic rings. The Bertz CT molecular complexity index is 517. The molecule has 0 saturated carbocycles. The first-order valence-electron chi connectivity index (χ1n) is 5.69. The lowest BCUT2D eigenvalue weighted by atomic mass is 10.4. The molecule has 0 atom stereocenters. The lowest BCUT2D eigenvalue weighted by Gasteiger charge is -2.15. The van der Waals surface area contributed by atoms with Gasteiger partial charge in [0.1, 0.15) is 16.8 Å². The van der Waals surface area contributed by atoms with Crippen molar-refractivity contribution in [2.75, 3.05) is 7.05 Å². The van der Waals surface area contributed by atoms with Crippen LogP contribution in [0, 0.1) is 6.92 Å². The second-order valence-corrected chi connectivity index (χ2v) is 4.76. The van der Waals surface area contributed by atoms with E-state index in [1.54, 1.807) is 12.3 Å². The number of rotatable bonds is 4. The zero-order valence-corrected chi connectivity index (χ0v) is 11.5. The maximum Gasteiger partial charge on any atom is 0.144 e. The van der Waals surface area contributed by atoms with E-state index in [0.29, 0.717) is 11.7 Å². The van der Waals surface area contributed by atoms with Crippen molar-refractivity contribution in [3.8, 4) is 0 Å². The molecule has 0 aromatic carbocycles. The lowest BCUT2D eigenvalue weighted by Crippen LogP contribution is -2.21. The first-order chi connectivity index (χ1) is 8.54. The molecule has 0 saturated heterocycles. The van der Waals surface area contributed by atoms with Gasteiger partial charge in [-0.15, -0.1) is 0 Å². The van der Waals surface area contributed by atoms with Gasteiger partial charge >= 0.3 is 0 Å². The maximum atomic E-state index is 5.92. The van der Waals surface area contributed by atoms with Gasteiger partial charge in [0.05, 0.1) is 13.1 Å². The minimum Gasteiger partial charge on any atom is -0.337 e. The van der Waals surface area contributed by atoms with Crippen LogP contribution in [0.15, 0.2) is 18.5 Å². The zero-order valence-electron chi connectivity index (χ0n) is 10.8. The van der Waals surface area contributed by atoms with E-state index in [0.717, 1.165) is 23.9 Å². The first-order valence-corrected chi connectivity index (χ1v) is 6.07. The van der Waals surface area contributed by atoms with Crippen LogP contribution in [0.1, 0.15) is 17.3 Å². The van der Waals surface area contributed by atoms with Gasteiger partial charge < -0.3 is 4.57 Å². The molecule has 0 bridgehead atoms. The summed E-state index contributed by atoms with van der Waals surface area (Å²) in [5.41, 5.74) is 0.885. The molecular formula is C12H16ClN5. The molecule has 0 aliphatic heterocycles. The van der Waals surface area contributed by atoms with Crippen molar-refractivity contribution < 1.29 is 0 Å². The van der Waals surface area contributed by atoms with Crippen LogP contribution in [0.4, 0.5) is 0 Å². The fourth-order valence-corrected chi connectivity index (χ4v) is 2.00. The van der Waals surface area contributed by atoms with Gasteiger partial charge in [0.2, 0.25) is 0 Å². The number of imidazole rings is 1. The Kier molecular flexibility index (Phi) is 3.93. The van der Waals surface area contributed by atoms with E-state index >= 15 is 0 Å². The molecule has 0 radical (unpaired) electrons. The Morgan fingerprint density at radius 2 is 2.11 bits per heavy atom. The van der Waals surface area contributed by atoms with E-state index in [2.05, 4.69) is 19.9 Å². The molecule has 96 valence electrons. The summed E-state index contributed by atoms with van der Waals surface area (Å²) in [5.74, 6) is 1.74. The van der Waals surface area contributed by atoms with Crippen LogP contribution in [0.25, 0.3) is 0 Å². The molecule has 2 aromatic heterocycles. The summed E-state index contributed by atoms with van der Waals surface area (Å²) in [4.78, 5) is 15.0. The van der Waals surface area contributed by atoms with E-state index in [9.17, 15) is 0 Å². The number of hydrogen-bond acceptors (Lipinski definition) is 4. The van der Waals surface area contributed by atoms with E-state index in [1.807, 2.05) is 31.8 Å². The van der Waals surface area contributed by atoms with E-state index < -0.39 is 0 Å². The highest BCUT2D eigenvalue weighted by molar-refractivity contribution is 6.29. The molecule has 5 nitrogen and oxygen atoms in total. The van der Waals surface area contributed by atoms with Crippen molar-refractivity contribution in [3.63, 3.8) is 0 Å². The molecule has 0 spiro atoms. The standard InChI is InChI=1S/C12H16ClN5/c1-9-6-10(13)16-11(15-9)7-17(2)8-12-14-4-5-18(12)3/h4-6H,7-8H2,1-3H3. The molecule has 2 aromatic rings. The Morgan fingerprint density at radius 3 is 2.72 bits per heavy atom. The topological polar surface area (TPSA) is 46.8 Å². The SMILES string of the molecule is Cc1cc(Cl)nc(CN(C)Cc2nccn2C)n1. The summed E-state index contributed by atoms with van der Waals surface area (Å²) in [7, 11) is 3.99. The summed E-state index contributed by atoms with van der Waals surface area (Å²) >= 11 is 5.92. The van der Waals surface area contributed by atoms with E-state index in [4.69, 9.17) is 11.6 Å². The summed E-state index contributed by atoms with van der Waals surface area (Å²) in [5, 5.41) is 0.489. The molecule has 18 heavy (non-hydrogen) atoms. The third kappa shape index (κ3) is 3.27. The third-order valence-corrected chi connectivity index (χ3v) is 2.81. The van der Waals surface area contributed by atoms with Gasteiger partial charge in [-0.05, 0) is 20.0 Å². The lowest BCUT2D eigenvalue weighted by molar-refractivity contribution is 0.299. The number of aryl methyl sites for hydroxylation is 2. The predicted molar refractivity (Wildman–Crippen MR) is 70.2 cm³/mol. The minimum atomic E-state index is 0.489. The van der Waals surface area contributed by atoms with Crippen molar-refractivity contribution in [2.45, 2.75) is 20.0 Å². The maximum absolute atomic E-state index is 5.92. The highest BCUT2D eigenvalue weighted by Gasteiger charge is 2.08. The second-order valence-electron chi connectivity index (χ2n) is 4.37. The first kappa shape index (κ1) is 13.0. The van der Waals surface area contributed by atoms with Crippen LogP contribution < -0.4 is 0 Å². The Hall–Kier alpha value is -1.46. The molecule has 0 N–H and O–H groups in total. The van der Waals surface area contributed by atoms with Crippen molar-refractivity contribution >= 4 is 11.6 Å². The quantitative estimate of drug-likeness (QED) is 0.791. The van der Waals surface area contributed by atoms with Crippen LogP contribution in [-0.4, -0.2) is 31.5 Å². The number of hydrogen-bond donors (Lipinski definition) is 0. The largest absolute Gasteiger partial charge is 0.337 e. The Balaban J connectivity index is 2.03. The van der Waals surface area contributed by atoms with Gasteiger partial charge in [-0.1, -0.05) is 11.6 Å². The van der Waals surface area contributed by atoms with Crippen LogP contribution in [0.3, 0.4) is 0 Å². The fourth-order valence-electron chi connectivity index (χ4n) is 1.75. The molecule has 0 aliphatic carbocycles. The Morgan fingerprint density at radius 1 is 1.33 bits per heavy atom. The summed E-state index contributed by atoms with van der Waals surface area (Å²) in [6.45, 7) is 3.31. The molecular weight excluding hydrogens is 250 g/mol. The van der Waals surface area contributed by atoms with Crippen molar-refractivity contribution in [2.24, 2.45) is 7.05 Å². The fraction of sp³-hybridized carbons (Fsp3) is 0.417. The van der Waals surface area contributed by atoms with Crippen LogP contribution in [0.2, 0.25) is 5.15 Å². The zero-order chi connectivity index (χ0) is 13.1. The van der Waals surface area contributed by atoms with Gasteiger partial charge in [0.25, 0.3) is 0 Å². The van der Waals surface area contributed by atoms with Gasteiger partial charge in [-0.3, -0.25) is 4.90 Å². The molecule has 2 heterocycles. The van der Waals surface area contributed by atoms with E-state index in [-0.39, 0.29) is 0 Å². The third-order valence-electron chi connectivity index (χ3n) is 2.61. The van der Waals surface area contributed by atoms with Gasteiger partial charge in [0, 0.05) is 25.1 Å². The summed E-state index contributed by atoms with van der Waals surface area (Å²) in [6, 6.07) is 1.75. The highest BCUT2D eigenvalue weighted by Crippen LogP contribution is 2.09. The molecule has 0 amide bonds. The van der Waals surface area contributed by atoms with Crippen LogP contribution in [-0.2, 0) is 20.1 Å². The molecule has 6 heteroatoms. The smallest absolute Gasteiger partial charge is 0.144 e. The summed E-state index contributed by atoms with van der Waals surface area (Å²) < 4.78 is 2.00. The number of halogens is 1. The molecule has 2 rings (SSSR count). The van der Waals surface area contributed by atoms with Crippen molar-refractivity contribution in [1.82, 2.24) is 24.4 Å². The van der Waals surface area contributed by atoms with Crippen molar-refractivity contribution in [1.29, 1.82) is 0 Å². The minimum absolute atomic E-state index is 0.489. The summed E-state index contributed by atoms with van der Waals surface area (Å²) in [6.07, 6.45) is 3.73. The van der Waals surface area contributed by atoms with E-state index in [1.165, 1.54) is 0 Å². The number of aromatic nitrogens is 4. The van der Waals surface area contributed by atoms with Gasteiger partial charge in [-0.25, -0.2) is 15.0 Å². The van der Waals surface area contributed by atoms with Crippen molar-refractivity contribution in [3.05, 3.63) is 41.0 Å². The van der Waals surface area contributed by atoms with Gasteiger partial charge in [-0.2, -0.15) is 0 Å². The monoisotopic (exact) mass is 265 g/mol. The molecule has 0 unspecified atom stereocenters. The number of nitrogens with zero attached hydrogens (tertiary/aromatic N) is 5. The Labute approximate surface area is 111 Å². The van der Waals surface area contributed by atoms with Gasteiger partial charge in [0.15, 0.2) is 0 Å². The normalized spacial score (nSPS) is 11.2. The average Bonchev–Trinajstić information content (AvgIpc) is 2.62. The highest BCUT2D eigenvalue weighted by atomic mass is 35.5. The van der Waals surface area contributed by atoms with Crippen LogP contribution >= 0.6 is 11.6 Å². The second kappa shape index (κ2) is 5.46. The predicted octanol–water partition coefficient (Wildman–Crippen LogP) is 1.80. The van der Waals surface area contributed by atoms with Crippen LogP contribution in [0.5, 0.6) is 0 Å². The molecule has 0 fully saturated rings.